The number of aryl methyl sites for hydroxylation is 1. The molecule has 0 aromatic carbocycles. The average molecular weight is 318 g/mol. The van der Waals surface area contributed by atoms with Crippen LogP contribution in [0.5, 0.6) is 0 Å². The Morgan fingerprint density at radius 1 is 1.39 bits per heavy atom. The number of rotatable bonds is 4. The number of amides is 2. The summed E-state index contributed by atoms with van der Waals surface area (Å²) in [7, 11) is 1.86. The Hall–Kier alpha value is -1.89. The molecule has 3 fully saturated rings. The zero-order chi connectivity index (χ0) is 16.0. The molecule has 124 valence electrons. The van der Waals surface area contributed by atoms with Crippen molar-refractivity contribution in [2.75, 3.05) is 13.2 Å². The van der Waals surface area contributed by atoms with E-state index in [-0.39, 0.29) is 29.9 Å². The molecular weight excluding hydrogens is 296 g/mol. The molecule has 7 heteroatoms. The first-order valence-electron chi connectivity index (χ1n) is 8.33. The van der Waals surface area contributed by atoms with Gasteiger partial charge in [-0.25, -0.2) is 0 Å². The zero-order valence-electron chi connectivity index (χ0n) is 13.3. The molecule has 3 atom stereocenters. The van der Waals surface area contributed by atoms with Crippen LogP contribution in [0, 0.1) is 5.92 Å². The van der Waals surface area contributed by atoms with Gasteiger partial charge in [0.05, 0.1) is 17.7 Å². The maximum Gasteiger partial charge on any atom is 0.226 e. The minimum Gasteiger partial charge on any atom is -0.371 e. The third-order valence-corrected chi connectivity index (χ3v) is 5.07. The topological polar surface area (TPSA) is 76.5 Å². The molecule has 23 heavy (non-hydrogen) atoms. The minimum absolute atomic E-state index is 0.0100. The van der Waals surface area contributed by atoms with Gasteiger partial charge in [-0.15, -0.1) is 0 Å². The molecule has 4 rings (SSSR count). The molecule has 2 amide bonds. The predicted octanol–water partition coefficient (Wildman–Crippen LogP) is 0.377. The summed E-state index contributed by atoms with van der Waals surface area (Å²) >= 11 is 0. The average Bonchev–Trinajstić information content (AvgIpc) is 2.92. The van der Waals surface area contributed by atoms with E-state index in [9.17, 15) is 9.59 Å². The highest BCUT2D eigenvalue weighted by atomic mass is 16.5. The number of aromatic nitrogens is 2. The highest BCUT2D eigenvalue weighted by Gasteiger charge is 2.42. The standard InChI is InChI=1S/C16H22N4O3/c1-19-13(4-6-17-19)15-12(5-7-23-15)16(22)18-10-8-14(21)20(9-10)11-2-3-11/h4,6,10-12,15H,2-3,5,7-9H2,1H3,(H,18,22)/t10-,12+,15+/m0/s1. The SMILES string of the molecule is Cn1nccc1[C@@H]1OCC[C@H]1C(=O)N[C@H]1CC(=O)N(C2CC2)C1. The number of nitrogens with one attached hydrogen (secondary N) is 1. The van der Waals surface area contributed by atoms with Gasteiger partial charge in [-0.3, -0.25) is 14.3 Å². The molecule has 7 nitrogen and oxygen atoms in total. The molecule has 1 aromatic rings. The second-order valence-corrected chi connectivity index (χ2v) is 6.75. The number of hydrogen-bond acceptors (Lipinski definition) is 4. The number of nitrogens with zero attached hydrogens (tertiary/aromatic N) is 3. The molecule has 0 spiro atoms. The van der Waals surface area contributed by atoms with Crippen molar-refractivity contribution in [3.8, 4) is 0 Å². The maximum atomic E-state index is 12.7. The molecule has 2 saturated heterocycles. The Balaban J connectivity index is 1.40. The summed E-state index contributed by atoms with van der Waals surface area (Å²) in [6.45, 7) is 1.23. The van der Waals surface area contributed by atoms with E-state index in [4.69, 9.17) is 4.74 Å². The van der Waals surface area contributed by atoms with Gasteiger partial charge >= 0.3 is 0 Å². The number of hydrogen-bond donors (Lipinski definition) is 1. The molecular formula is C16H22N4O3. The summed E-state index contributed by atoms with van der Waals surface area (Å²) in [6.07, 6.45) is 4.80. The minimum atomic E-state index is -0.251. The fraction of sp³-hybridized carbons (Fsp3) is 0.688. The molecule has 1 N–H and O–H groups in total. The Labute approximate surface area is 135 Å². The lowest BCUT2D eigenvalue weighted by atomic mass is 9.97. The summed E-state index contributed by atoms with van der Waals surface area (Å²) < 4.78 is 7.52. The van der Waals surface area contributed by atoms with Gasteiger partial charge in [0.25, 0.3) is 0 Å². The molecule has 3 aliphatic rings. The van der Waals surface area contributed by atoms with Crippen LogP contribution in [-0.4, -0.2) is 51.7 Å². The van der Waals surface area contributed by atoms with E-state index < -0.39 is 0 Å². The highest BCUT2D eigenvalue weighted by molar-refractivity contribution is 5.84. The Morgan fingerprint density at radius 2 is 2.22 bits per heavy atom. The van der Waals surface area contributed by atoms with E-state index in [1.54, 1.807) is 10.9 Å². The first-order chi connectivity index (χ1) is 11.1. The van der Waals surface area contributed by atoms with E-state index in [1.165, 1.54) is 0 Å². The maximum absolute atomic E-state index is 12.7. The first-order valence-corrected chi connectivity index (χ1v) is 8.33. The van der Waals surface area contributed by atoms with Crippen molar-refractivity contribution in [1.82, 2.24) is 20.0 Å². The van der Waals surface area contributed by atoms with E-state index in [2.05, 4.69) is 10.4 Å². The van der Waals surface area contributed by atoms with Crippen molar-refractivity contribution < 1.29 is 14.3 Å². The van der Waals surface area contributed by atoms with Crippen molar-refractivity contribution in [2.45, 2.75) is 43.9 Å². The zero-order valence-corrected chi connectivity index (χ0v) is 13.3. The van der Waals surface area contributed by atoms with Crippen LogP contribution in [0.2, 0.25) is 0 Å². The molecule has 2 aliphatic heterocycles. The Bertz CT molecular complexity index is 625. The summed E-state index contributed by atoms with van der Waals surface area (Å²) in [5.41, 5.74) is 0.921. The van der Waals surface area contributed by atoms with Gasteiger partial charge in [-0.1, -0.05) is 0 Å². The number of carbonyl (C=O) groups excluding carboxylic acids is 2. The summed E-state index contributed by atoms with van der Waals surface area (Å²) in [5.74, 6) is -0.0525. The first kappa shape index (κ1) is 14.7. The van der Waals surface area contributed by atoms with Gasteiger partial charge in [0.2, 0.25) is 11.8 Å². The fourth-order valence-electron chi connectivity index (χ4n) is 3.69. The Morgan fingerprint density at radius 3 is 2.91 bits per heavy atom. The largest absolute Gasteiger partial charge is 0.371 e. The van der Waals surface area contributed by atoms with Gasteiger partial charge in [0.15, 0.2) is 0 Å². The second kappa shape index (κ2) is 5.63. The molecule has 1 saturated carbocycles. The fourth-order valence-corrected chi connectivity index (χ4v) is 3.69. The van der Waals surface area contributed by atoms with Crippen molar-refractivity contribution in [1.29, 1.82) is 0 Å². The summed E-state index contributed by atoms with van der Waals surface area (Å²) in [4.78, 5) is 26.6. The van der Waals surface area contributed by atoms with E-state index in [0.717, 1.165) is 18.5 Å². The number of carbonyl (C=O) groups is 2. The third-order valence-electron chi connectivity index (χ3n) is 5.07. The van der Waals surface area contributed by atoms with Crippen LogP contribution in [-0.2, 0) is 21.4 Å². The third kappa shape index (κ3) is 2.73. The van der Waals surface area contributed by atoms with Gasteiger partial charge in [0.1, 0.15) is 6.10 Å². The van der Waals surface area contributed by atoms with Crippen LogP contribution >= 0.6 is 0 Å². The quantitative estimate of drug-likeness (QED) is 0.870. The van der Waals surface area contributed by atoms with Crippen molar-refractivity contribution in [3.05, 3.63) is 18.0 Å². The van der Waals surface area contributed by atoms with E-state index in [1.807, 2.05) is 18.0 Å². The van der Waals surface area contributed by atoms with Gasteiger partial charge in [-0.2, -0.15) is 5.10 Å². The second-order valence-electron chi connectivity index (χ2n) is 6.75. The summed E-state index contributed by atoms with van der Waals surface area (Å²) in [5, 5.41) is 7.22. The van der Waals surface area contributed by atoms with E-state index in [0.29, 0.717) is 32.0 Å². The predicted molar refractivity (Wildman–Crippen MR) is 81.3 cm³/mol. The smallest absolute Gasteiger partial charge is 0.226 e. The van der Waals surface area contributed by atoms with Crippen LogP contribution in [0.25, 0.3) is 0 Å². The lowest BCUT2D eigenvalue weighted by Crippen LogP contribution is -2.41. The number of ether oxygens (including phenoxy) is 1. The monoisotopic (exact) mass is 318 g/mol. The van der Waals surface area contributed by atoms with Crippen LogP contribution in [0.1, 0.15) is 37.5 Å². The molecule has 0 bridgehead atoms. The highest BCUT2D eigenvalue weighted by Crippen LogP contribution is 2.35. The van der Waals surface area contributed by atoms with Crippen LogP contribution in [0.4, 0.5) is 0 Å². The van der Waals surface area contributed by atoms with E-state index >= 15 is 0 Å². The van der Waals surface area contributed by atoms with Crippen LogP contribution in [0.3, 0.4) is 0 Å². The lowest BCUT2D eigenvalue weighted by Gasteiger charge is -2.21. The van der Waals surface area contributed by atoms with Crippen LogP contribution in [0.15, 0.2) is 12.3 Å². The summed E-state index contributed by atoms with van der Waals surface area (Å²) in [6, 6.07) is 2.24. The van der Waals surface area contributed by atoms with Crippen LogP contribution < -0.4 is 5.32 Å². The van der Waals surface area contributed by atoms with Crippen molar-refractivity contribution >= 4 is 11.8 Å². The van der Waals surface area contributed by atoms with Gasteiger partial charge in [-0.05, 0) is 25.3 Å². The number of likely N-dealkylation sites (tertiary alicyclic amines) is 1. The van der Waals surface area contributed by atoms with Gasteiger partial charge in [0, 0.05) is 38.9 Å². The Kier molecular flexibility index (Phi) is 3.60. The van der Waals surface area contributed by atoms with Crippen molar-refractivity contribution in [3.63, 3.8) is 0 Å². The molecule has 3 heterocycles. The normalized spacial score (nSPS) is 30.9. The molecule has 0 radical (unpaired) electrons. The van der Waals surface area contributed by atoms with Gasteiger partial charge < -0.3 is 15.0 Å². The van der Waals surface area contributed by atoms with Crippen molar-refractivity contribution in [2.24, 2.45) is 13.0 Å². The molecule has 1 aliphatic carbocycles. The molecule has 1 aromatic heterocycles. The lowest BCUT2D eigenvalue weighted by molar-refractivity contribution is -0.128. The molecule has 0 unspecified atom stereocenters.